The van der Waals surface area contributed by atoms with E-state index in [-0.39, 0.29) is 0 Å². The number of hydrogen-bond donors (Lipinski definition) is 0. The summed E-state index contributed by atoms with van der Waals surface area (Å²) in [6.07, 6.45) is 1.64. The Balaban J connectivity index is 1.85. The van der Waals surface area contributed by atoms with E-state index in [9.17, 15) is 0 Å². The Morgan fingerprint density at radius 3 is 2.50 bits per heavy atom. The Bertz CT molecular complexity index is 780. The summed E-state index contributed by atoms with van der Waals surface area (Å²) in [5, 5.41) is 8.09. The minimum Gasteiger partial charge on any atom is -0.399 e. The third kappa shape index (κ3) is 5.95. The number of oxime groups is 2. The molecule has 0 saturated carbocycles. The Labute approximate surface area is 155 Å². The van der Waals surface area contributed by atoms with E-state index < -0.39 is 0 Å². The van der Waals surface area contributed by atoms with Gasteiger partial charge < -0.3 is 9.68 Å². The highest BCUT2D eigenvalue weighted by molar-refractivity contribution is 5.97. The normalized spacial score (nSPS) is 12.2. The number of pyridine rings is 2. The minimum atomic E-state index is 0.527. The molecular formula is C20H26N4O2. The summed E-state index contributed by atoms with van der Waals surface area (Å²) in [6, 6.07) is 9.94. The quantitative estimate of drug-likeness (QED) is 0.410. The Kier molecular flexibility index (Phi) is 7.26. The fourth-order valence-corrected chi connectivity index (χ4v) is 2.54. The average Bonchev–Trinajstić information content (AvgIpc) is 2.61. The molecule has 2 heterocycles. The van der Waals surface area contributed by atoms with Gasteiger partial charge in [0.15, 0.2) is 0 Å². The average molecular weight is 354 g/mol. The standard InChI is InChI=1S/C20H26N4O2/c1-14-12-15(2)21-20(13-14)17(4)24-26-11-7-9-18-8-6-10-19(22-18)16(3)23-25-5/h6,8,10,12-13H,7,9,11H2,1-5H3/b23-16+,24-17+. The largest absolute Gasteiger partial charge is 0.399 e. The Morgan fingerprint density at radius 2 is 1.77 bits per heavy atom. The van der Waals surface area contributed by atoms with Crippen LogP contribution in [0.5, 0.6) is 0 Å². The predicted octanol–water partition coefficient (Wildman–Crippen LogP) is 3.84. The molecule has 0 aliphatic carbocycles. The van der Waals surface area contributed by atoms with Gasteiger partial charge in [-0.25, -0.2) is 0 Å². The van der Waals surface area contributed by atoms with E-state index in [1.54, 1.807) is 0 Å². The first-order chi connectivity index (χ1) is 12.5. The highest BCUT2D eigenvalue weighted by Crippen LogP contribution is 2.07. The second-order valence-electron chi connectivity index (χ2n) is 6.16. The van der Waals surface area contributed by atoms with Crippen LogP contribution in [-0.4, -0.2) is 35.1 Å². The zero-order chi connectivity index (χ0) is 18.9. The van der Waals surface area contributed by atoms with E-state index in [1.807, 2.05) is 58.0 Å². The third-order valence-electron chi connectivity index (χ3n) is 3.74. The van der Waals surface area contributed by atoms with E-state index in [1.165, 1.54) is 12.7 Å². The predicted molar refractivity (Wildman–Crippen MR) is 104 cm³/mol. The molecule has 0 bridgehead atoms. The molecule has 0 aliphatic heterocycles. The van der Waals surface area contributed by atoms with E-state index in [0.717, 1.165) is 47.0 Å². The lowest BCUT2D eigenvalue weighted by Crippen LogP contribution is -2.04. The molecule has 26 heavy (non-hydrogen) atoms. The zero-order valence-electron chi connectivity index (χ0n) is 16.1. The molecule has 2 aromatic rings. The highest BCUT2D eigenvalue weighted by Gasteiger charge is 2.04. The third-order valence-corrected chi connectivity index (χ3v) is 3.74. The van der Waals surface area contributed by atoms with Gasteiger partial charge in [0.1, 0.15) is 25.1 Å². The lowest BCUT2D eigenvalue weighted by molar-refractivity contribution is 0.141. The topological polar surface area (TPSA) is 69.0 Å². The maximum atomic E-state index is 5.44. The van der Waals surface area contributed by atoms with Gasteiger partial charge in [0.05, 0.1) is 11.4 Å². The van der Waals surface area contributed by atoms with Gasteiger partial charge in [-0.1, -0.05) is 16.4 Å². The molecule has 2 aromatic heterocycles. The van der Waals surface area contributed by atoms with Gasteiger partial charge in [-0.15, -0.1) is 0 Å². The summed E-state index contributed by atoms with van der Waals surface area (Å²) in [7, 11) is 1.53. The van der Waals surface area contributed by atoms with Crippen LogP contribution in [0.3, 0.4) is 0 Å². The molecule has 0 saturated heterocycles. The number of aryl methyl sites for hydroxylation is 3. The summed E-state index contributed by atoms with van der Waals surface area (Å²) < 4.78 is 0. The molecule has 0 unspecified atom stereocenters. The van der Waals surface area contributed by atoms with Gasteiger partial charge in [-0.2, -0.15) is 0 Å². The maximum Gasteiger partial charge on any atom is 0.117 e. The molecule has 0 amide bonds. The van der Waals surface area contributed by atoms with Crippen LogP contribution in [0.25, 0.3) is 0 Å². The molecule has 0 fully saturated rings. The van der Waals surface area contributed by atoms with Crippen molar-refractivity contribution in [1.29, 1.82) is 0 Å². The minimum absolute atomic E-state index is 0.527. The van der Waals surface area contributed by atoms with Crippen LogP contribution in [0.15, 0.2) is 40.6 Å². The van der Waals surface area contributed by atoms with Gasteiger partial charge in [0.25, 0.3) is 0 Å². The van der Waals surface area contributed by atoms with Crippen molar-refractivity contribution in [3.63, 3.8) is 0 Å². The molecule has 0 N–H and O–H groups in total. The smallest absolute Gasteiger partial charge is 0.117 e. The van der Waals surface area contributed by atoms with Crippen LogP contribution < -0.4 is 0 Å². The van der Waals surface area contributed by atoms with Gasteiger partial charge >= 0.3 is 0 Å². The van der Waals surface area contributed by atoms with Crippen molar-refractivity contribution in [3.05, 3.63) is 58.7 Å². The van der Waals surface area contributed by atoms with Crippen molar-refractivity contribution in [2.45, 2.75) is 40.5 Å². The molecule has 2 rings (SSSR count). The monoisotopic (exact) mass is 354 g/mol. The second-order valence-corrected chi connectivity index (χ2v) is 6.16. The summed E-state index contributed by atoms with van der Waals surface area (Å²) in [5.41, 5.74) is 6.35. The van der Waals surface area contributed by atoms with Crippen LogP contribution in [0.2, 0.25) is 0 Å². The molecule has 0 atom stereocenters. The van der Waals surface area contributed by atoms with Crippen molar-refractivity contribution in [2.75, 3.05) is 13.7 Å². The Morgan fingerprint density at radius 1 is 1.00 bits per heavy atom. The first-order valence-corrected chi connectivity index (χ1v) is 8.66. The summed E-state index contributed by atoms with van der Waals surface area (Å²) in [5.74, 6) is 0. The van der Waals surface area contributed by atoms with Gasteiger partial charge in [0.2, 0.25) is 0 Å². The van der Waals surface area contributed by atoms with Crippen LogP contribution in [0.1, 0.15) is 48.6 Å². The van der Waals surface area contributed by atoms with Crippen LogP contribution in [0.4, 0.5) is 0 Å². The van der Waals surface area contributed by atoms with Crippen molar-refractivity contribution < 1.29 is 9.68 Å². The highest BCUT2D eigenvalue weighted by atomic mass is 16.6. The summed E-state index contributed by atoms with van der Waals surface area (Å²) >= 11 is 0. The van der Waals surface area contributed by atoms with Gasteiger partial charge in [-0.05, 0) is 70.4 Å². The van der Waals surface area contributed by atoms with Crippen molar-refractivity contribution in [1.82, 2.24) is 9.97 Å². The van der Waals surface area contributed by atoms with E-state index >= 15 is 0 Å². The van der Waals surface area contributed by atoms with Crippen LogP contribution in [-0.2, 0) is 16.1 Å². The zero-order valence-corrected chi connectivity index (χ0v) is 16.1. The van der Waals surface area contributed by atoms with Crippen molar-refractivity contribution >= 4 is 11.4 Å². The van der Waals surface area contributed by atoms with E-state index in [4.69, 9.17) is 9.68 Å². The molecular weight excluding hydrogens is 328 g/mol. The van der Waals surface area contributed by atoms with Gasteiger partial charge in [0, 0.05) is 11.4 Å². The fourth-order valence-electron chi connectivity index (χ4n) is 2.54. The van der Waals surface area contributed by atoms with E-state index in [2.05, 4.69) is 20.3 Å². The second kappa shape index (κ2) is 9.65. The molecule has 6 heteroatoms. The first kappa shape index (κ1) is 19.6. The van der Waals surface area contributed by atoms with Crippen LogP contribution in [0, 0.1) is 13.8 Å². The fraction of sp³-hybridized carbons (Fsp3) is 0.400. The molecule has 0 aliphatic rings. The number of nitrogens with zero attached hydrogens (tertiary/aromatic N) is 4. The first-order valence-electron chi connectivity index (χ1n) is 8.66. The lowest BCUT2D eigenvalue weighted by Gasteiger charge is -2.05. The molecule has 0 radical (unpaired) electrons. The van der Waals surface area contributed by atoms with Crippen LogP contribution >= 0.6 is 0 Å². The Hall–Kier alpha value is -2.76. The molecule has 0 spiro atoms. The number of rotatable bonds is 8. The van der Waals surface area contributed by atoms with Gasteiger partial charge in [-0.3, -0.25) is 9.97 Å². The van der Waals surface area contributed by atoms with Crippen molar-refractivity contribution in [2.24, 2.45) is 10.3 Å². The molecule has 138 valence electrons. The summed E-state index contributed by atoms with van der Waals surface area (Å²) in [4.78, 5) is 19.3. The lowest BCUT2D eigenvalue weighted by atomic mass is 10.2. The number of aromatic nitrogens is 2. The van der Waals surface area contributed by atoms with Crippen molar-refractivity contribution in [3.8, 4) is 0 Å². The SMILES string of the molecule is CO/N=C(\C)c1cccc(CCCO/N=C(\C)c2cc(C)cc(C)n2)n1. The molecule has 6 nitrogen and oxygen atoms in total. The number of hydrogen-bond acceptors (Lipinski definition) is 6. The summed E-state index contributed by atoms with van der Waals surface area (Å²) in [6.45, 7) is 8.33. The maximum absolute atomic E-state index is 5.44. The molecule has 0 aromatic carbocycles. The van der Waals surface area contributed by atoms with E-state index in [0.29, 0.717) is 6.61 Å².